The maximum absolute atomic E-state index is 12.1. The maximum Gasteiger partial charge on any atom is 0.339 e. The lowest BCUT2D eigenvalue weighted by Crippen LogP contribution is -2.14. The van der Waals surface area contributed by atoms with Crippen LogP contribution in [-0.4, -0.2) is 41.9 Å². The van der Waals surface area contributed by atoms with Gasteiger partial charge in [-0.25, -0.2) is 13.2 Å². The quantitative estimate of drug-likeness (QED) is 0.557. The van der Waals surface area contributed by atoms with E-state index in [-0.39, 0.29) is 28.5 Å². The third kappa shape index (κ3) is 4.44. The summed E-state index contributed by atoms with van der Waals surface area (Å²) in [7, 11) is -3.72. The molecule has 0 aliphatic rings. The zero-order valence-electron chi connectivity index (χ0n) is 12.7. The number of sulfone groups is 1. The highest BCUT2D eigenvalue weighted by molar-refractivity contribution is 7.91. The van der Waals surface area contributed by atoms with E-state index in [4.69, 9.17) is 9.84 Å². The van der Waals surface area contributed by atoms with Crippen LogP contribution in [0.15, 0.2) is 47.4 Å². The molecule has 0 saturated carbocycles. The Morgan fingerprint density at radius 3 is 2.36 bits per heavy atom. The molecular weight excluding hydrogens is 354 g/mol. The minimum Gasteiger partial charge on any atom is -0.507 e. The highest BCUT2D eigenvalue weighted by Crippen LogP contribution is 2.23. The van der Waals surface area contributed by atoms with Crippen LogP contribution in [0.5, 0.6) is 11.5 Å². The fraction of sp³-hybridized carbons (Fsp3) is 0.133. The number of nitro groups is 1. The van der Waals surface area contributed by atoms with Crippen LogP contribution >= 0.6 is 0 Å². The number of hydrogen-bond donors (Lipinski definition) is 2. The number of benzene rings is 2. The average Bonchev–Trinajstić information content (AvgIpc) is 2.56. The van der Waals surface area contributed by atoms with Crippen LogP contribution in [-0.2, 0) is 9.84 Å². The molecule has 0 unspecified atom stereocenters. The van der Waals surface area contributed by atoms with Crippen molar-refractivity contribution < 1.29 is 33.1 Å². The predicted molar refractivity (Wildman–Crippen MR) is 85.7 cm³/mol. The Labute approximate surface area is 142 Å². The lowest BCUT2D eigenvalue weighted by Gasteiger charge is -2.08. The van der Waals surface area contributed by atoms with Gasteiger partial charge in [0.1, 0.15) is 23.7 Å². The standard InChI is InChI=1S/C15H13NO8S/c17-14-6-3-11(9-13(14)15(18)19)24-7-8-25(22,23)12-4-1-10(2-5-12)16(20)21/h1-6,9,17H,7-8H2,(H,18,19). The van der Waals surface area contributed by atoms with E-state index in [0.717, 1.165) is 36.4 Å². The second kappa shape index (κ2) is 7.18. The summed E-state index contributed by atoms with van der Waals surface area (Å²) in [5.74, 6) is -2.09. The van der Waals surface area contributed by atoms with Gasteiger partial charge in [0.2, 0.25) is 0 Å². The lowest BCUT2D eigenvalue weighted by atomic mass is 10.2. The number of ether oxygens (including phenoxy) is 1. The number of non-ortho nitro benzene ring substituents is 1. The Bertz CT molecular complexity index is 906. The molecule has 0 bridgehead atoms. The minimum absolute atomic E-state index is 0.0846. The molecule has 25 heavy (non-hydrogen) atoms. The van der Waals surface area contributed by atoms with Gasteiger partial charge in [0.05, 0.1) is 15.6 Å². The Morgan fingerprint density at radius 2 is 1.80 bits per heavy atom. The molecule has 9 nitrogen and oxygen atoms in total. The largest absolute Gasteiger partial charge is 0.507 e. The number of aromatic carboxylic acids is 1. The maximum atomic E-state index is 12.1. The highest BCUT2D eigenvalue weighted by atomic mass is 32.2. The second-order valence-corrected chi connectivity index (χ2v) is 7.01. The second-order valence-electron chi connectivity index (χ2n) is 4.90. The molecule has 0 aliphatic heterocycles. The molecule has 2 aromatic rings. The highest BCUT2D eigenvalue weighted by Gasteiger charge is 2.17. The molecular formula is C15H13NO8S. The summed E-state index contributed by atoms with van der Waals surface area (Å²) in [6.07, 6.45) is 0. The predicted octanol–water partition coefficient (Wildman–Crippen LogP) is 1.85. The number of carbonyl (C=O) groups is 1. The van der Waals surface area contributed by atoms with Crippen LogP contribution in [0.3, 0.4) is 0 Å². The molecule has 0 radical (unpaired) electrons. The van der Waals surface area contributed by atoms with Gasteiger partial charge < -0.3 is 14.9 Å². The number of carboxylic acids is 1. The van der Waals surface area contributed by atoms with Crippen molar-refractivity contribution in [2.75, 3.05) is 12.4 Å². The summed E-state index contributed by atoms with van der Waals surface area (Å²) in [6, 6.07) is 7.97. The molecule has 0 spiro atoms. The first-order chi connectivity index (χ1) is 11.7. The molecule has 2 rings (SSSR count). The lowest BCUT2D eigenvalue weighted by molar-refractivity contribution is -0.384. The molecule has 2 aromatic carbocycles. The SMILES string of the molecule is O=C(O)c1cc(OCCS(=O)(=O)c2ccc([N+](=O)[O-])cc2)ccc1O. The van der Waals surface area contributed by atoms with Crippen LogP contribution in [0.25, 0.3) is 0 Å². The molecule has 10 heteroatoms. The van der Waals surface area contributed by atoms with Gasteiger partial charge in [0, 0.05) is 12.1 Å². The monoisotopic (exact) mass is 367 g/mol. The van der Waals surface area contributed by atoms with Gasteiger partial charge in [-0.2, -0.15) is 0 Å². The Balaban J connectivity index is 2.04. The van der Waals surface area contributed by atoms with Gasteiger partial charge in [-0.15, -0.1) is 0 Å². The van der Waals surface area contributed by atoms with Gasteiger partial charge in [0.25, 0.3) is 5.69 Å². The molecule has 0 aliphatic carbocycles. The van der Waals surface area contributed by atoms with Gasteiger partial charge in [-0.05, 0) is 30.3 Å². The normalized spacial score (nSPS) is 11.0. The number of rotatable bonds is 7. The van der Waals surface area contributed by atoms with Crippen LogP contribution in [0.4, 0.5) is 5.69 Å². The van der Waals surface area contributed by atoms with E-state index in [9.17, 15) is 28.4 Å². The van der Waals surface area contributed by atoms with Gasteiger partial charge in [-0.3, -0.25) is 10.1 Å². The molecule has 0 atom stereocenters. The van der Waals surface area contributed by atoms with Gasteiger partial charge in [0.15, 0.2) is 9.84 Å². The summed E-state index contributed by atoms with van der Waals surface area (Å²) >= 11 is 0. The number of nitro benzene ring substituents is 1. The van der Waals surface area contributed by atoms with E-state index < -0.39 is 32.2 Å². The first-order valence-electron chi connectivity index (χ1n) is 6.87. The molecule has 0 amide bonds. The van der Waals surface area contributed by atoms with Crippen LogP contribution in [0, 0.1) is 10.1 Å². The summed E-state index contributed by atoms with van der Waals surface area (Å²) in [5.41, 5.74) is -0.587. The van der Waals surface area contributed by atoms with Crippen molar-refractivity contribution in [1.29, 1.82) is 0 Å². The van der Waals surface area contributed by atoms with E-state index in [1.807, 2.05) is 0 Å². The summed E-state index contributed by atoms with van der Waals surface area (Å²) in [4.78, 5) is 20.8. The fourth-order valence-electron chi connectivity index (χ4n) is 1.94. The topological polar surface area (TPSA) is 144 Å². The molecule has 0 saturated heterocycles. The summed E-state index contributed by atoms with van der Waals surface area (Å²) in [6.45, 7) is -0.261. The van der Waals surface area contributed by atoms with Crippen LogP contribution in [0.2, 0.25) is 0 Å². The zero-order chi connectivity index (χ0) is 18.6. The third-order valence-electron chi connectivity index (χ3n) is 3.23. The number of phenols is 1. The van der Waals surface area contributed by atoms with Crippen molar-refractivity contribution in [3.8, 4) is 11.5 Å². The molecule has 0 heterocycles. The van der Waals surface area contributed by atoms with Crippen molar-refractivity contribution in [1.82, 2.24) is 0 Å². The van der Waals surface area contributed by atoms with Crippen molar-refractivity contribution in [3.05, 3.63) is 58.1 Å². The smallest absolute Gasteiger partial charge is 0.339 e. The Kier molecular flexibility index (Phi) is 5.22. The number of nitrogens with zero attached hydrogens (tertiary/aromatic N) is 1. The summed E-state index contributed by atoms with van der Waals surface area (Å²) in [5, 5.41) is 28.9. The van der Waals surface area contributed by atoms with E-state index in [2.05, 4.69) is 0 Å². The minimum atomic E-state index is -3.72. The van der Waals surface area contributed by atoms with Crippen molar-refractivity contribution in [2.24, 2.45) is 0 Å². The van der Waals surface area contributed by atoms with Crippen molar-refractivity contribution in [3.63, 3.8) is 0 Å². The van der Waals surface area contributed by atoms with Gasteiger partial charge >= 0.3 is 5.97 Å². The number of hydrogen-bond acceptors (Lipinski definition) is 7. The van der Waals surface area contributed by atoms with E-state index in [0.29, 0.717) is 0 Å². The zero-order valence-corrected chi connectivity index (χ0v) is 13.5. The summed E-state index contributed by atoms with van der Waals surface area (Å²) < 4.78 is 29.5. The first-order valence-corrected chi connectivity index (χ1v) is 8.52. The molecule has 132 valence electrons. The first kappa shape index (κ1) is 18.2. The third-order valence-corrected chi connectivity index (χ3v) is 4.92. The average molecular weight is 367 g/mol. The molecule has 0 fully saturated rings. The molecule has 0 aromatic heterocycles. The van der Waals surface area contributed by atoms with Crippen molar-refractivity contribution >= 4 is 21.5 Å². The molecule has 2 N–H and O–H groups in total. The van der Waals surface area contributed by atoms with Crippen molar-refractivity contribution in [2.45, 2.75) is 4.90 Å². The number of aromatic hydroxyl groups is 1. The Morgan fingerprint density at radius 1 is 1.16 bits per heavy atom. The Hall–Kier alpha value is -3.14. The fourth-order valence-corrected chi connectivity index (χ4v) is 3.03. The van der Waals surface area contributed by atoms with E-state index in [1.165, 1.54) is 6.07 Å². The van der Waals surface area contributed by atoms with Crippen LogP contribution < -0.4 is 4.74 Å². The van der Waals surface area contributed by atoms with E-state index >= 15 is 0 Å². The van der Waals surface area contributed by atoms with E-state index in [1.54, 1.807) is 0 Å². The van der Waals surface area contributed by atoms with Crippen LogP contribution in [0.1, 0.15) is 10.4 Å². The van der Waals surface area contributed by atoms with Gasteiger partial charge in [-0.1, -0.05) is 0 Å². The number of carboxylic acid groups (broad SMARTS) is 1.